The zero-order valence-corrected chi connectivity index (χ0v) is 15.2. The molecule has 0 fully saturated rings. The van der Waals surface area contributed by atoms with E-state index in [1.807, 2.05) is 17.5 Å². The Hall–Kier alpha value is -3.55. The number of hydrogen-bond acceptors (Lipinski definition) is 6. The number of anilines is 1. The van der Waals surface area contributed by atoms with Gasteiger partial charge in [0.25, 0.3) is 0 Å². The smallest absolute Gasteiger partial charge is 0.208 e. The molecule has 0 unspecified atom stereocenters. The van der Waals surface area contributed by atoms with Gasteiger partial charge in [0, 0.05) is 48.9 Å². The van der Waals surface area contributed by atoms with Gasteiger partial charge in [0.1, 0.15) is 11.6 Å². The number of rotatable bonds is 4. The van der Waals surface area contributed by atoms with Crippen LogP contribution in [-0.4, -0.2) is 30.9 Å². The Labute approximate surface area is 160 Å². The number of hydrogen-bond donors (Lipinski definition) is 1. The molecule has 1 aliphatic rings. The van der Waals surface area contributed by atoms with Crippen molar-refractivity contribution < 1.29 is 9.13 Å². The Morgan fingerprint density at radius 3 is 3.00 bits per heavy atom. The fraction of sp³-hybridized carbons (Fsp3) is 0.200. The van der Waals surface area contributed by atoms with Crippen molar-refractivity contribution in [1.82, 2.24) is 24.3 Å². The maximum absolute atomic E-state index is 14.4. The number of aromatic nitrogens is 5. The average Bonchev–Trinajstić information content (AvgIpc) is 3.34. The van der Waals surface area contributed by atoms with Gasteiger partial charge >= 0.3 is 0 Å². The number of benzene rings is 1. The third-order valence-electron chi connectivity index (χ3n) is 4.81. The van der Waals surface area contributed by atoms with Crippen LogP contribution >= 0.6 is 0 Å². The topological polar surface area (TPSA) is 77.2 Å². The van der Waals surface area contributed by atoms with E-state index >= 15 is 0 Å². The van der Waals surface area contributed by atoms with Gasteiger partial charge in [0.15, 0.2) is 5.65 Å². The van der Waals surface area contributed by atoms with Gasteiger partial charge in [-0.05, 0) is 19.1 Å². The van der Waals surface area contributed by atoms with Crippen molar-refractivity contribution in [3.8, 4) is 17.0 Å². The molecule has 1 aliphatic heterocycles. The van der Waals surface area contributed by atoms with Crippen LogP contribution in [0.2, 0.25) is 0 Å². The van der Waals surface area contributed by atoms with E-state index in [0.29, 0.717) is 36.8 Å². The molecule has 1 aromatic carbocycles. The summed E-state index contributed by atoms with van der Waals surface area (Å²) >= 11 is 0. The van der Waals surface area contributed by atoms with E-state index in [-0.39, 0.29) is 5.82 Å². The highest BCUT2D eigenvalue weighted by Gasteiger charge is 2.20. The van der Waals surface area contributed by atoms with E-state index in [2.05, 4.69) is 25.3 Å². The molecule has 4 aromatic rings. The fourth-order valence-electron chi connectivity index (χ4n) is 3.52. The molecule has 140 valence electrons. The van der Waals surface area contributed by atoms with Crippen LogP contribution in [0, 0.1) is 12.7 Å². The highest BCUT2D eigenvalue weighted by atomic mass is 19.1. The molecule has 0 spiro atoms. The molecular weight excluding hydrogens is 359 g/mol. The van der Waals surface area contributed by atoms with Gasteiger partial charge < -0.3 is 10.1 Å². The summed E-state index contributed by atoms with van der Waals surface area (Å²) in [5.41, 5.74) is 4.58. The Kier molecular flexibility index (Phi) is 3.89. The fourth-order valence-corrected chi connectivity index (χ4v) is 3.52. The van der Waals surface area contributed by atoms with Gasteiger partial charge in [-0.15, -0.1) is 0 Å². The maximum atomic E-state index is 14.4. The van der Waals surface area contributed by atoms with Crippen LogP contribution in [0.1, 0.15) is 16.8 Å². The predicted octanol–water partition coefficient (Wildman–Crippen LogP) is 3.18. The average molecular weight is 376 g/mol. The lowest BCUT2D eigenvalue weighted by atomic mass is 10.0. The minimum atomic E-state index is -0.244. The predicted molar refractivity (Wildman–Crippen MR) is 102 cm³/mol. The molecule has 5 rings (SSSR count). The van der Waals surface area contributed by atoms with Gasteiger partial charge in [-0.3, -0.25) is 14.4 Å². The standard InChI is InChI=1S/C20H17FN6O/c1-12-11-27-19(26-12)15(17-10-22-5-6-23-17)9-25-20(27)24-8-14-13-4-7-28-18(13)3-2-16(14)21/h2-3,5-6,9-11H,4,7-8H2,1H3,(H,24,25). The summed E-state index contributed by atoms with van der Waals surface area (Å²) < 4.78 is 21.8. The summed E-state index contributed by atoms with van der Waals surface area (Å²) in [6.45, 7) is 2.81. The minimum absolute atomic E-state index is 0.244. The lowest BCUT2D eigenvalue weighted by molar-refractivity contribution is 0.356. The molecule has 0 saturated heterocycles. The largest absolute Gasteiger partial charge is 0.493 e. The Morgan fingerprint density at radius 2 is 2.14 bits per heavy atom. The van der Waals surface area contributed by atoms with Crippen LogP contribution in [0.5, 0.6) is 5.75 Å². The number of aryl methyl sites for hydroxylation is 1. The van der Waals surface area contributed by atoms with Gasteiger partial charge in [-0.1, -0.05) is 0 Å². The second-order valence-electron chi connectivity index (χ2n) is 6.62. The molecule has 0 amide bonds. The minimum Gasteiger partial charge on any atom is -0.493 e. The van der Waals surface area contributed by atoms with Gasteiger partial charge in [0.05, 0.1) is 29.8 Å². The zero-order chi connectivity index (χ0) is 19.1. The van der Waals surface area contributed by atoms with Crippen LogP contribution < -0.4 is 10.1 Å². The SMILES string of the molecule is Cc1cn2c(NCc3c(F)ccc4c3CCO4)ncc(-c3cnccn3)c2n1. The highest BCUT2D eigenvalue weighted by Crippen LogP contribution is 2.31. The summed E-state index contributed by atoms with van der Waals surface area (Å²) in [5, 5.41) is 3.25. The maximum Gasteiger partial charge on any atom is 0.208 e. The summed E-state index contributed by atoms with van der Waals surface area (Å²) in [6, 6.07) is 3.13. The first-order chi connectivity index (χ1) is 13.7. The van der Waals surface area contributed by atoms with E-state index in [1.165, 1.54) is 6.07 Å². The molecule has 0 saturated carbocycles. The highest BCUT2D eigenvalue weighted by molar-refractivity contribution is 5.75. The van der Waals surface area contributed by atoms with E-state index < -0.39 is 0 Å². The van der Waals surface area contributed by atoms with Crippen molar-refractivity contribution in [2.24, 2.45) is 0 Å². The third kappa shape index (κ3) is 2.74. The summed E-state index contributed by atoms with van der Waals surface area (Å²) in [5.74, 6) is 1.10. The molecule has 0 aliphatic carbocycles. The lowest BCUT2D eigenvalue weighted by Gasteiger charge is -2.12. The lowest BCUT2D eigenvalue weighted by Crippen LogP contribution is -2.09. The van der Waals surface area contributed by atoms with Crippen molar-refractivity contribution in [3.05, 3.63) is 65.8 Å². The second-order valence-corrected chi connectivity index (χ2v) is 6.62. The van der Waals surface area contributed by atoms with Crippen LogP contribution in [0.25, 0.3) is 16.9 Å². The monoisotopic (exact) mass is 376 g/mol. The van der Waals surface area contributed by atoms with E-state index in [0.717, 1.165) is 28.2 Å². The van der Waals surface area contributed by atoms with Crippen molar-refractivity contribution in [2.75, 3.05) is 11.9 Å². The molecule has 7 nitrogen and oxygen atoms in total. The van der Waals surface area contributed by atoms with Crippen LogP contribution in [0.3, 0.4) is 0 Å². The van der Waals surface area contributed by atoms with E-state index in [9.17, 15) is 4.39 Å². The first-order valence-corrected chi connectivity index (χ1v) is 8.99. The van der Waals surface area contributed by atoms with Gasteiger partial charge in [-0.25, -0.2) is 14.4 Å². The van der Waals surface area contributed by atoms with Crippen LogP contribution in [0.4, 0.5) is 10.3 Å². The molecule has 0 atom stereocenters. The molecule has 0 radical (unpaired) electrons. The zero-order valence-electron chi connectivity index (χ0n) is 15.2. The van der Waals surface area contributed by atoms with Crippen molar-refractivity contribution in [1.29, 1.82) is 0 Å². The number of nitrogens with one attached hydrogen (secondary N) is 1. The molecule has 0 bridgehead atoms. The molecule has 28 heavy (non-hydrogen) atoms. The second kappa shape index (κ2) is 6.56. The molecule has 1 N–H and O–H groups in total. The Morgan fingerprint density at radius 1 is 1.21 bits per heavy atom. The van der Waals surface area contributed by atoms with Crippen molar-refractivity contribution in [2.45, 2.75) is 19.9 Å². The van der Waals surface area contributed by atoms with Gasteiger partial charge in [0.2, 0.25) is 5.95 Å². The molecule has 8 heteroatoms. The van der Waals surface area contributed by atoms with Crippen LogP contribution in [0.15, 0.2) is 43.1 Å². The molecule has 4 heterocycles. The van der Waals surface area contributed by atoms with E-state index in [4.69, 9.17) is 4.74 Å². The normalized spacial score (nSPS) is 12.8. The first-order valence-electron chi connectivity index (χ1n) is 8.99. The van der Waals surface area contributed by atoms with E-state index in [1.54, 1.807) is 30.9 Å². The van der Waals surface area contributed by atoms with Crippen LogP contribution in [-0.2, 0) is 13.0 Å². The molecule has 3 aromatic heterocycles. The third-order valence-corrected chi connectivity index (χ3v) is 4.81. The number of halogens is 1. The summed E-state index contributed by atoms with van der Waals surface area (Å²) in [7, 11) is 0. The summed E-state index contributed by atoms with van der Waals surface area (Å²) in [4.78, 5) is 17.6. The number of nitrogens with zero attached hydrogens (tertiary/aromatic N) is 5. The number of fused-ring (bicyclic) bond motifs is 2. The first kappa shape index (κ1) is 16.6. The Bertz CT molecular complexity index is 1170. The number of imidazole rings is 1. The van der Waals surface area contributed by atoms with Crippen molar-refractivity contribution >= 4 is 11.6 Å². The Balaban J connectivity index is 1.52. The van der Waals surface area contributed by atoms with Crippen molar-refractivity contribution in [3.63, 3.8) is 0 Å². The van der Waals surface area contributed by atoms with Gasteiger partial charge in [-0.2, -0.15) is 0 Å². The molecular formula is C20H17FN6O. The number of ether oxygens (including phenoxy) is 1. The quantitative estimate of drug-likeness (QED) is 0.589. The summed E-state index contributed by atoms with van der Waals surface area (Å²) in [6.07, 6.45) is 9.24.